The lowest BCUT2D eigenvalue weighted by Crippen LogP contribution is -2.36. The molecule has 0 bridgehead atoms. The molecule has 0 heterocycles. The molecule has 0 aliphatic heterocycles. The van der Waals surface area contributed by atoms with Crippen LogP contribution in [-0.4, -0.2) is 26.3 Å². The molecule has 0 fully saturated rings. The van der Waals surface area contributed by atoms with E-state index in [1.165, 1.54) is 14.2 Å². The molecule has 66 valence electrons. The molecule has 0 spiro atoms. The van der Waals surface area contributed by atoms with Gasteiger partial charge in [-0.25, -0.2) is 4.79 Å². The maximum Gasteiger partial charge on any atom is 0.335 e. The van der Waals surface area contributed by atoms with Crippen LogP contribution in [-0.2, 0) is 14.3 Å². The third-order valence-electron chi connectivity index (χ3n) is 1.44. The molecule has 0 aromatic rings. The standard InChI is InChI=1S/C8H16O3/c1-8(2,3)6(10-4)7(9)11-5/h6H,1-5H3/t6-/m0/s1. The van der Waals surface area contributed by atoms with E-state index in [-0.39, 0.29) is 11.4 Å². The van der Waals surface area contributed by atoms with Crippen molar-refractivity contribution in [3.63, 3.8) is 0 Å². The minimum atomic E-state index is -0.479. The molecule has 0 saturated heterocycles. The minimum Gasteiger partial charge on any atom is -0.467 e. The van der Waals surface area contributed by atoms with E-state index in [9.17, 15) is 4.79 Å². The highest BCUT2D eigenvalue weighted by Crippen LogP contribution is 2.22. The van der Waals surface area contributed by atoms with Crippen LogP contribution in [0.2, 0.25) is 0 Å². The molecule has 0 aliphatic rings. The average molecular weight is 160 g/mol. The first-order valence-corrected chi connectivity index (χ1v) is 3.54. The van der Waals surface area contributed by atoms with Crippen molar-refractivity contribution in [3.8, 4) is 0 Å². The number of methoxy groups -OCH3 is 2. The van der Waals surface area contributed by atoms with Gasteiger partial charge in [-0.15, -0.1) is 0 Å². The van der Waals surface area contributed by atoms with E-state index in [1.807, 2.05) is 20.8 Å². The van der Waals surface area contributed by atoms with Crippen LogP contribution in [0.3, 0.4) is 0 Å². The Labute approximate surface area is 67.7 Å². The van der Waals surface area contributed by atoms with Gasteiger partial charge < -0.3 is 9.47 Å². The molecule has 0 aliphatic carbocycles. The summed E-state index contributed by atoms with van der Waals surface area (Å²) in [5.41, 5.74) is -0.207. The zero-order valence-corrected chi connectivity index (χ0v) is 7.80. The van der Waals surface area contributed by atoms with Crippen LogP contribution in [0.4, 0.5) is 0 Å². The van der Waals surface area contributed by atoms with Crippen molar-refractivity contribution < 1.29 is 14.3 Å². The van der Waals surface area contributed by atoms with Crippen LogP contribution in [0.15, 0.2) is 0 Å². The van der Waals surface area contributed by atoms with Crippen LogP contribution in [0.1, 0.15) is 20.8 Å². The van der Waals surface area contributed by atoms with Gasteiger partial charge in [0.15, 0.2) is 6.10 Å². The summed E-state index contributed by atoms with van der Waals surface area (Å²) < 4.78 is 9.56. The molecule has 0 radical (unpaired) electrons. The molecular formula is C8H16O3. The second-order valence-electron chi connectivity index (χ2n) is 3.50. The Morgan fingerprint density at radius 1 is 1.27 bits per heavy atom. The Hall–Kier alpha value is -0.570. The number of carbonyl (C=O) groups excluding carboxylic acids is 1. The molecule has 0 rings (SSSR count). The third-order valence-corrected chi connectivity index (χ3v) is 1.44. The van der Waals surface area contributed by atoms with Gasteiger partial charge in [0.05, 0.1) is 7.11 Å². The topological polar surface area (TPSA) is 35.5 Å². The Balaban J connectivity index is 4.29. The summed E-state index contributed by atoms with van der Waals surface area (Å²) in [5, 5.41) is 0. The van der Waals surface area contributed by atoms with Gasteiger partial charge in [0, 0.05) is 7.11 Å². The van der Waals surface area contributed by atoms with Crippen molar-refractivity contribution >= 4 is 5.97 Å². The van der Waals surface area contributed by atoms with Crippen LogP contribution in [0.5, 0.6) is 0 Å². The summed E-state index contributed by atoms with van der Waals surface area (Å²) in [7, 11) is 2.87. The average Bonchev–Trinajstić information content (AvgIpc) is 1.86. The third kappa shape index (κ3) is 2.89. The van der Waals surface area contributed by atoms with Gasteiger partial charge in [0.25, 0.3) is 0 Å². The largest absolute Gasteiger partial charge is 0.467 e. The van der Waals surface area contributed by atoms with Crippen LogP contribution >= 0.6 is 0 Å². The van der Waals surface area contributed by atoms with Crippen molar-refractivity contribution in [3.05, 3.63) is 0 Å². The molecule has 0 aromatic heterocycles. The van der Waals surface area contributed by atoms with E-state index in [0.717, 1.165) is 0 Å². The van der Waals surface area contributed by atoms with E-state index in [0.29, 0.717) is 0 Å². The lowest BCUT2D eigenvalue weighted by Gasteiger charge is -2.26. The van der Waals surface area contributed by atoms with E-state index in [1.54, 1.807) is 0 Å². The zero-order chi connectivity index (χ0) is 9.07. The van der Waals surface area contributed by atoms with Crippen molar-refractivity contribution in [2.75, 3.05) is 14.2 Å². The van der Waals surface area contributed by atoms with Gasteiger partial charge >= 0.3 is 5.97 Å². The summed E-state index contributed by atoms with van der Waals surface area (Å²) in [5.74, 6) is -0.319. The van der Waals surface area contributed by atoms with Crippen LogP contribution < -0.4 is 0 Å². The fraction of sp³-hybridized carbons (Fsp3) is 0.875. The quantitative estimate of drug-likeness (QED) is 0.570. The number of carbonyl (C=O) groups is 1. The van der Waals surface area contributed by atoms with Crippen molar-refractivity contribution in [1.29, 1.82) is 0 Å². The normalized spacial score (nSPS) is 14.3. The summed E-state index contributed by atoms with van der Waals surface area (Å²) in [4.78, 5) is 11.0. The molecular weight excluding hydrogens is 144 g/mol. The number of ether oxygens (including phenoxy) is 2. The predicted octanol–water partition coefficient (Wildman–Crippen LogP) is 1.22. The van der Waals surface area contributed by atoms with Crippen LogP contribution in [0.25, 0.3) is 0 Å². The fourth-order valence-electron chi connectivity index (χ4n) is 0.910. The van der Waals surface area contributed by atoms with Gasteiger partial charge in [-0.1, -0.05) is 20.8 Å². The first-order chi connectivity index (χ1) is 4.93. The highest BCUT2D eigenvalue weighted by molar-refractivity contribution is 5.75. The van der Waals surface area contributed by atoms with Gasteiger partial charge in [-0.05, 0) is 5.41 Å². The predicted molar refractivity (Wildman–Crippen MR) is 42.3 cm³/mol. The fourth-order valence-corrected chi connectivity index (χ4v) is 0.910. The highest BCUT2D eigenvalue weighted by Gasteiger charge is 2.31. The number of hydrogen-bond donors (Lipinski definition) is 0. The Morgan fingerprint density at radius 2 is 1.73 bits per heavy atom. The summed E-state index contributed by atoms with van der Waals surface area (Å²) >= 11 is 0. The van der Waals surface area contributed by atoms with Gasteiger partial charge in [-0.3, -0.25) is 0 Å². The molecule has 1 atom stereocenters. The molecule has 0 N–H and O–H groups in total. The van der Waals surface area contributed by atoms with Crippen molar-refractivity contribution in [1.82, 2.24) is 0 Å². The molecule has 11 heavy (non-hydrogen) atoms. The zero-order valence-electron chi connectivity index (χ0n) is 7.80. The molecule has 0 saturated carbocycles. The van der Waals surface area contributed by atoms with Gasteiger partial charge in [-0.2, -0.15) is 0 Å². The van der Waals surface area contributed by atoms with E-state index >= 15 is 0 Å². The maximum atomic E-state index is 11.0. The molecule has 0 aromatic carbocycles. The molecule has 3 nitrogen and oxygen atoms in total. The van der Waals surface area contributed by atoms with E-state index in [4.69, 9.17) is 4.74 Å². The number of hydrogen-bond acceptors (Lipinski definition) is 3. The lowest BCUT2D eigenvalue weighted by atomic mass is 9.89. The van der Waals surface area contributed by atoms with Crippen molar-refractivity contribution in [2.45, 2.75) is 26.9 Å². The van der Waals surface area contributed by atoms with E-state index < -0.39 is 6.10 Å². The van der Waals surface area contributed by atoms with Crippen LogP contribution in [0, 0.1) is 5.41 Å². The first-order valence-electron chi connectivity index (χ1n) is 3.54. The minimum absolute atomic E-state index is 0.207. The Kier molecular flexibility index (Phi) is 3.52. The van der Waals surface area contributed by atoms with E-state index in [2.05, 4.69) is 4.74 Å². The summed E-state index contributed by atoms with van der Waals surface area (Å²) in [6.45, 7) is 5.79. The second-order valence-corrected chi connectivity index (χ2v) is 3.50. The smallest absolute Gasteiger partial charge is 0.335 e. The number of rotatable bonds is 2. The van der Waals surface area contributed by atoms with Crippen molar-refractivity contribution in [2.24, 2.45) is 5.41 Å². The number of esters is 1. The van der Waals surface area contributed by atoms with Gasteiger partial charge in [0.1, 0.15) is 0 Å². The molecule has 0 unspecified atom stereocenters. The lowest BCUT2D eigenvalue weighted by molar-refractivity contribution is -0.158. The molecule has 0 amide bonds. The SMILES string of the molecule is COC(=O)[C@H](OC)C(C)(C)C. The summed E-state index contributed by atoms with van der Waals surface area (Å²) in [6, 6.07) is 0. The van der Waals surface area contributed by atoms with Gasteiger partial charge in [0.2, 0.25) is 0 Å². The highest BCUT2D eigenvalue weighted by atomic mass is 16.6. The molecule has 3 heteroatoms. The first kappa shape index (κ1) is 10.4. The summed E-state index contributed by atoms with van der Waals surface area (Å²) in [6.07, 6.45) is -0.479. The maximum absolute atomic E-state index is 11.0. The Bertz CT molecular complexity index is 135. The second kappa shape index (κ2) is 3.72. The Morgan fingerprint density at radius 3 is 1.82 bits per heavy atom. The monoisotopic (exact) mass is 160 g/mol.